The quantitative estimate of drug-likeness (QED) is 0.536. The van der Waals surface area contributed by atoms with E-state index in [4.69, 9.17) is 0 Å². The van der Waals surface area contributed by atoms with Crippen LogP contribution in [0.5, 0.6) is 0 Å². The third-order valence-electron chi connectivity index (χ3n) is 1.10. The summed E-state index contributed by atoms with van der Waals surface area (Å²) in [6, 6.07) is 5.98. The van der Waals surface area contributed by atoms with Crippen molar-refractivity contribution in [3.8, 4) is 0 Å². The maximum Gasteiger partial charge on any atom is 0.0529 e. The first-order valence-electron chi connectivity index (χ1n) is 2.85. The van der Waals surface area contributed by atoms with E-state index < -0.39 is 0 Å². The molecule has 0 spiro atoms. The number of alkyl halides is 1. The van der Waals surface area contributed by atoms with Crippen LogP contribution in [0.25, 0.3) is 0 Å². The predicted octanol–water partition coefficient (Wildman–Crippen LogP) is 2.58. The Labute approximate surface area is 68.6 Å². The van der Waals surface area contributed by atoms with Crippen LogP contribution in [-0.4, -0.2) is 4.98 Å². The van der Waals surface area contributed by atoms with Crippen LogP contribution in [0.4, 0.5) is 0 Å². The Kier molecular flexibility index (Phi) is 2.45. The lowest BCUT2D eigenvalue weighted by Gasteiger charge is -1.98. The maximum absolute atomic E-state index is 4.17. The Morgan fingerprint density at radius 2 is 2.33 bits per heavy atom. The van der Waals surface area contributed by atoms with Crippen molar-refractivity contribution in [3.63, 3.8) is 0 Å². The first-order valence-corrected chi connectivity index (χ1v) is 4.10. The normalized spacial score (nSPS) is 13.1. The summed E-state index contributed by atoms with van der Waals surface area (Å²) in [4.78, 5) is 4.17. The Bertz CT molecular complexity index is 172. The summed E-state index contributed by atoms with van der Waals surface area (Å²) in [5.41, 5.74) is 1.15. The molecule has 48 valence electrons. The molecule has 0 aliphatic heterocycles. The zero-order valence-electron chi connectivity index (χ0n) is 5.21. The maximum atomic E-state index is 4.17. The summed E-state index contributed by atoms with van der Waals surface area (Å²) >= 11 is 2.35. The molecule has 2 heteroatoms. The third-order valence-corrected chi connectivity index (χ3v) is 1.73. The van der Waals surface area contributed by atoms with Crippen molar-refractivity contribution >= 4 is 22.6 Å². The average Bonchev–Trinajstić information content (AvgIpc) is 1.90. The van der Waals surface area contributed by atoms with Gasteiger partial charge in [0.2, 0.25) is 0 Å². The number of nitrogens with zero attached hydrogens (tertiary/aromatic N) is 1. The van der Waals surface area contributed by atoms with Crippen LogP contribution in [0.3, 0.4) is 0 Å². The molecule has 0 saturated heterocycles. The van der Waals surface area contributed by atoms with Gasteiger partial charge in [-0.1, -0.05) is 28.7 Å². The van der Waals surface area contributed by atoms with Crippen molar-refractivity contribution in [1.82, 2.24) is 4.98 Å². The highest BCUT2D eigenvalue weighted by molar-refractivity contribution is 14.1. The molecular weight excluding hydrogens is 225 g/mol. The number of pyridine rings is 1. The van der Waals surface area contributed by atoms with Gasteiger partial charge in [0.25, 0.3) is 0 Å². The van der Waals surface area contributed by atoms with Gasteiger partial charge in [-0.3, -0.25) is 4.98 Å². The largest absolute Gasteiger partial charge is 0.260 e. The summed E-state index contributed by atoms with van der Waals surface area (Å²) in [7, 11) is 0. The highest BCUT2D eigenvalue weighted by Crippen LogP contribution is 2.18. The first-order chi connectivity index (χ1) is 4.30. The van der Waals surface area contributed by atoms with Crippen LogP contribution in [0.15, 0.2) is 24.4 Å². The van der Waals surface area contributed by atoms with Crippen molar-refractivity contribution in [2.24, 2.45) is 0 Å². The second-order valence-electron chi connectivity index (χ2n) is 1.87. The predicted molar refractivity (Wildman–Crippen MR) is 46.7 cm³/mol. The molecule has 1 atom stereocenters. The van der Waals surface area contributed by atoms with Gasteiger partial charge in [0, 0.05) is 6.20 Å². The summed E-state index contributed by atoms with van der Waals surface area (Å²) < 4.78 is 0.517. The van der Waals surface area contributed by atoms with Crippen LogP contribution in [-0.2, 0) is 0 Å². The molecule has 1 aromatic rings. The Morgan fingerprint density at radius 3 is 2.67 bits per heavy atom. The van der Waals surface area contributed by atoms with Crippen molar-refractivity contribution in [3.05, 3.63) is 30.1 Å². The number of hydrogen-bond donors (Lipinski definition) is 0. The Morgan fingerprint density at radius 1 is 1.56 bits per heavy atom. The monoisotopic (exact) mass is 233 g/mol. The lowest BCUT2D eigenvalue weighted by molar-refractivity contribution is 1.04. The molecule has 1 unspecified atom stereocenters. The summed E-state index contributed by atoms with van der Waals surface area (Å²) in [6.45, 7) is 2.13. The van der Waals surface area contributed by atoms with E-state index in [9.17, 15) is 0 Å². The van der Waals surface area contributed by atoms with Gasteiger partial charge in [0.05, 0.1) is 9.62 Å². The van der Waals surface area contributed by atoms with Crippen molar-refractivity contribution in [2.75, 3.05) is 0 Å². The van der Waals surface area contributed by atoms with Crippen molar-refractivity contribution in [2.45, 2.75) is 10.8 Å². The van der Waals surface area contributed by atoms with Crippen LogP contribution >= 0.6 is 22.6 Å². The molecule has 9 heavy (non-hydrogen) atoms. The summed E-state index contributed by atoms with van der Waals surface area (Å²) in [5.74, 6) is 0. The molecule has 0 aliphatic carbocycles. The van der Waals surface area contributed by atoms with Crippen molar-refractivity contribution in [1.29, 1.82) is 0 Å². The molecule has 0 fully saturated rings. The van der Waals surface area contributed by atoms with Gasteiger partial charge in [0.1, 0.15) is 0 Å². The van der Waals surface area contributed by atoms with E-state index in [0.29, 0.717) is 3.92 Å². The van der Waals surface area contributed by atoms with Gasteiger partial charge in [-0.05, 0) is 19.1 Å². The highest BCUT2D eigenvalue weighted by atomic mass is 127. The molecule has 1 nitrogen and oxygen atoms in total. The number of halogens is 1. The fourth-order valence-corrected chi connectivity index (χ4v) is 0.980. The molecule has 0 amide bonds. The second-order valence-corrected chi connectivity index (χ2v) is 3.74. The number of rotatable bonds is 1. The molecule has 0 aromatic carbocycles. The molecule has 0 bridgehead atoms. The Balaban J connectivity index is 2.85. The van der Waals surface area contributed by atoms with E-state index in [-0.39, 0.29) is 0 Å². The zero-order chi connectivity index (χ0) is 6.69. The molecule has 1 aromatic heterocycles. The second kappa shape index (κ2) is 3.15. The van der Waals surface area contributed by atoms with Crippen LogP contribution in [0.2, 0.25) is 0 Å². The smallest absolute Gasteiger partial charge is 0.0529 e. The highest BCUT2D eigenvalue weighted by Gasteiger charge is 1.97. The van der Waals surface area contributed by atoms with Gasteiger partial charge >= 0.3 is 0 Å². The summed E-state index contributed by atoms with van der Waals surface area (Å²) in [5, 5.41) is 0. The third kappa shape index (κ3) is 1.93. The Hall–Kier alpha value is -0.120. The van der Waals surface area contributed by atoms with Gasteiger partial charge in [0.15, 0.2) is 0 Å². The lowest BCUT2D eigenvalue weighted by Crippen LogP contribution is -1.85. The molecule has 1 rings (SSSR count). The molecule has 0 aliphatic rings. The first kappa shape index (κ1) is 6.99. The molecule has 0 N–H and O–H groups in total. The minimum Gasteiger partial charge on any atom is -0.260 e. The summed E-state index contributed by atoms with van der Waals surface area (Å²) in [6.07, 6.45) is 1.82. The molecule has 0 radical (unpaired) electrons. The minimum atomic E-state index is 0.517. The fourth-order valence-electron chi connectivity index (χ4n) is 0.611. The van der Waals surface area contributed by atoms with E-state index in [1.807, 2.05) is 24.4 Å². The fraction of sp³-hybridized carbons (Fsp3) is 0.286. The number of aromatic nitrogens is 1. The zero-order valence-corrected chi connectivity index (χ0v) is 7.37. The van der Waals surface area contributed by atoms with Crippen LogP contribution < -0.4 is 0 Å². The standard InChI is InChI=1S/C7H8IN/c1-6(8)7-4-2-3-5-9-7/h2-6H,1H3. The number of hydrogen-bond acceptors (Lipinski definition) is 1. The van der Waals surface area contributed by atoms with Crippen LogP contribution in [0.1, 0.15) is 16.5 Å². The van der Waals surface area contributed by atoms with E-state index in [1.54, 1.807) is 0 Å². The molecular formula is C7H8IN. The topological polar surface area (TPSA) is 12.9 Å². The van der Waals surface area contributed by atoms with E-state index in [0.717, 1.165) is 5.69 Å². The molecule has 1 heterocycles. The van der Waals surface area contributed by atoms with Crippen LogP contribution in [0, 0.1) is 0 Å². The average molecular weight is 233 g/mol. The van der Waals surface area contributed by atoms with E-state index >= 15 is 0 Å². The van der Waals surface area contributed by atoms with E-state index in [2.05, 4.69) is 34.5 Å². The van der Waals surface area contributed by atoms with E-state index in [1.165, 1.54) is 0 Å². The lowest BCUT2D eigenvalue weighted by atomic mass is 10.3. The van der Waals surface area contributed by atoms with Crippen molar-refractivity contribution < 1.29 is 0 Å². The van der Waals surface area contributed by atoms with Gasteiger partial charge in [-0.15, -0.1) is 0 Å². The molecule has 0 saturated carbocycles. The van der Waals surface area contributed by atoms with Gasteiger partial charge in [-0.2, -0.15) is 0 Å². The SMILES string of the molecule is CC(I)c1ccccn1. The minimum absolute atomic E-state index is 0.517. The van der Waals surface area contributed by atoms with Gasteiger partial charge < -0.3 is 0 Å². The van der Waals surface area contributed by atoms with Gasteiger partial charge in [-0.25, -0.2) is 0 Å².